The highest BCUT2D eigenvalue weighted by molar-refractivity contribution is 14.1. The summed E-state index contributed by atoms with van der Waals surface area (Å²) in [4.78, 5) is 0. The van der Waals surface area contributed by atoms with E-state index in [1.54, 1.807) is 7.11 Å². The molecule has 0 amide bonds. The molecule has 2 nitrogen and oxygen atoms in total. The van der Waals surface area contributed by atoms with E-state index in [-0.39, 0.29) is 11.7 Å². The summed E-state index contributed by atoms with van der Waals surface area (Å²) in [5.41, 5.74) is 1.04. The second-order valence-electron chi connectivity index (χ2n) is 4.78. The van der Waals surface area contributed by atoms with Crippen molar-refractivity contribution < 1.29 is 9.47 Å². The first-order chi connectivity index (χ1) is 8.48. The van der Waals surface area contributed by atoms with Crippen LogP contribution in [0.15, 0.2) is 24.3 Å². The molecule has 0 bridgehead atoms. The molecule has 0 saturated heterocycles. The van der Waals surface area contributed by atoms with E-state index < -0.39 is 0 Å². The van der Waals surface area contributed by atoms with Crippen LogP contribution < -0.4 is 0 Å². The Morgan fingerprint density at radius 3 is 2.39 bits per heavy atom. The first-order valence-electron chi connectivity index (χ1n) is 5.96. The number of benzene rings is 1. The monoisotopic (exact) mass is 382 g/mol. The van der Waals surface area contributed by atoms with E-state index in [1.807, 2.05) is 24.3 Å². The van der Waals surface area contributed by atoms with E-state index in [0.717, 1.165) is 15.9 Å². The van der Waals surface area contributed by atoms with Gasteiger partial charge in [0.05, 0.1) is 18.3 Å². The van der Waals surface area contributed by atoms with Gasteiger partial charge in [-0.15, -0.1) is 0 Å². The van der Waals surface area contributed by atoms with Gasteiger partial charge in [-0.3, -0.25) is 0 Å². The van der Waals surface area contributed by atoms with Crippen LogP contribution in [0, 0.1) is 0 Å². The maximum absolute atomic E-state index is 5.92. The molecule has 102 valence electrons. The van der Waals surface area contributed by atoms with Crippen molar-refractivity contribution in [2.45, 2.75) is 32.0 Å². The van der Waals surface area contributed by atoms with Crippen LogP contribution in [0.5, 0.6) is 0 Å². The average molecular weight is 383 g/mol. The molecule has 0 N–H and O–H groups in total. The molecule has 0 aromatic heterocycles. The third-order valence-electron chi connectivity index (χ3n) is 2.96. The number of ether oxygens (including phenoxy) is 2. The lowest BCUT2D eigenvalue weighted by Crippen LogP contribution is -2.25. The normalized spacial score (nSPS) is 13.6. The van der Waals surface area contributed by atoms with E-state index in [1.165, 1.54) is 5.56 Å². The van der Waals surface area contributed by atoms with Gasteiger partial charge in [-0.1, -0.05) is 46.3 Å². The minimum Gasteiger partial charge on any atom is -0.379 e. The van der Waals surface area contributed by atoms with Gasteiger partial charge in [0.2, 0.25) is 0 Å². The molecule has 0 heterocycles. The Kier molecular flexibility index (Phi) is 6.92. The molecule has 0 spiro atoms. The van der Waals surface area contributed by atoms with Gasteiger partial charge >= 0.3 is 0 Å². The molecule has 1 unspecified atom stereocenters. The van der Waals surface area contributed by atoms with Gasteiger partial charge in [-0.05, 0) is 38.0 Å². The van der Waals surface area contributed by atoms with Crippen molar-refractivity contribution in [3.05, 3.63) is 34.9 Å². The fourth-order valence-corrected chi connectivity index (χ4v) is 2.35. The second kappa shape index (κ2) is 7.68. The van der Waals surface area contributed by atoms with Crippen LogP contribution in [0.25, 0.3) is 0 Å². The Balaban J connectivity index is 2.50. The molecule has 18 heavy (non-hydrogen) atoms. The van der Waals surface area contributed by atoms with Crippen LogP contribution in [0.2, 0.25) is 5.02 Å². The molecule has 0 fully saturated rings. The highest BCUT2D eigenvalue weighted by Crippen LogP contribution is 2.23. The van der Waals surface area contributed by atoms with Crippen LogP contribution in [-0.2, 0) is 9.47 Å². The fraction of sp³-hybridized carbons (Fsp3) is 0.571. The lowest BCUT2D eigenvalue weighted by molar-refractivity contribution is -0.0225. The third-order valence-corrected chi connectivity index (χ3v) is 4.01. The molecule has 0 saturated carbocycles. The van der Waals surface area contributed by atoms with Crippen molar-refractivity contribution in [3.63, 3.8) is 0 Å². The van der Waals surface area contributed by atoms with Crippen molar-refractivity contribution in [3.8, 4) is 0 Å². The van der Waals surface area contributed by atoms with Gasteiger partial charge in [-0.2, -0.15) is 0 Å². The van der Waals surface area contributed by atoms with Crippen LogP contribution in [-0.4, -0.2) is 23.7 Å². The summed E-state index contributed by atoms with van der Waals surface area (Å²) < 4.78 is 12.2. The number of rotatable bonds is 7. The molecule has 1 atom stereocenters. The van der Waals surface area contributed by atoms with Gasteiger partial charge < -0.3 is 9.47 Å². The number of methoxy groups -OCH3 is 1. The SMILES string of the molecule is COC(C)(C)CCOC(CI)c1ccc(Cl)cc1. The Morgan fingerprint density at radius 1 is 1.28 bits per heavy atom. The van der Waals surface area contributed by atoms with Crippen LogP contribution in [0.1, 0.15) is 31.9 Å². The number of alkyl halides is 1. The maximum atomic E-state index is 5.92. The molecule has 1 aromatic rings. The minimum absolute atomic E-state index is 0.121. The standard InChI is InChI=1S/C14H20ClIO2/c1-14(2,17-3)8-9-18-13(10-16)11-4-6-12(15)7-5-11/h4-7,13H,8-10H2,1-3H3. The Hall–Kier alpha value is 0.160. The molecular weight excluding hydrogens is 363 g/mol. The lowest BCUT2D eigenvalue weighted by Gasteiger charge is -2.24. The van der Waals surface area contributed by atoms with E-state index in [9.17, 15) is 0 Å². The first kappa shape index (κ1) is 16.2. The Morgan fingerprint density at radius 2 is 1.89 bits per heavy atom. The summed E-state index contributed by atoms with van der Waals surface area (Å²) in [5, 5.41) is 0.756. The second-order valence-corrected chi connectivity index (χ2v) is 6.10. The van der Waals surface area contributed by atoms with Gasteiger partial charge in [0.25, 0.3) is 0 Å². The van der Waals surface area contributed by atoms with Gasteiger partial charge in [0.15, 0.2) is 0 Å². The fourth-order valence-electron chi connectivity index (χ4n) is 1.46. The topological polar surface area (TPSA) is 18.5 Å². The smallest absolute Gasteiger partial charge is 0.0914 e. The molecular formula is C14H20ClIO2. The summed E-state index contributed by atoms with van der Waals surface area (Å²) in [6.45, 7) is 4.83. The maximum Gasteiger partial charge on any atom is 0.0914 e. The zero-order valence-corrected chi connectivity index (χ0v) is 14.0. The quantitative estimate of drug-likeness (QED) is 0.505. The van der Waals surface area contributed by atoms with Crippen LogP contribution >= 0.6 is 34.2 Å². The predicted octanol–water partition coefficient (Wildman–Crippen LogP) is 4.65. The summed E-state index contributed by atoms with van der Waals surface area (Å²) in [6, 6.07) is 7.84. The van der Waals surface area contributed by atoms with Crippen molar-refractivity contribution in [1.29, 1.82) is 0 Å². The van der Waals surface area contributed by atoms with Crippen LogP contribution in [0.4, 0.5) is 0 Å². The molecule has 1 aromatic carbocycles. The lowest BCUT2D eigenvalue weighted by atomic mass is 10.1. The van der Waals surface area contributed by atoms with E-state index in [2.05, 4.69) is 36.4 Å². The Labute approximate surface area is 128 Å². The molecule has 0 aliphatic heterocycles. The highest BCUT2D eigenvalue weighted by atomic mass is 127. The first-order valence-corrected chi connectivity index (χ1v) is 7.87. The van der Waals surface area contributed by atoms with Gasteiger partial charge in [0, 0.05) is 16.6 Å². The van der Waals surface area contributed by atoms with Crippen molar-refractivity contribution in [2.24, 2.45) is 0 Å². The number of halogens is 2. The molecule has 0 aliphatic carbocycles. The van der Waals surface area contributed by atoms with Crippen molar-refractivity contribution in [2.75, 3.05) is 18.1 Å². The van der Waals surface area contributed by atoms with Crippen LogP contribution in [0.3, 0.4) is 0 Å². The predicted molar refractivity (Wildman–Crippen MR) is 84.7 cm³/mol. The molecule has 1 rings (SSSR count). The number of hydrogen-bond acceptors (Lipinski definition) is 2. The largest absolute Gasteiger partial charge is 0.379 e. The number of hydrogen-bond donors (Lipinski definition) is 0. The molecule has 0 radical (unpaired) electrons. The van der Waals surface area contributed by atoms with Crippen molar-refractivity contribution in [1.82, 2.24) is 0 Å². The third kappa shape index (κ3) is 5.43. The zero-order valence-electron chi connectivity index (χ0n) is 11.1. The minimum atomic E-state index is -0.129. The van der Waals surface area contributed by atoms with E-state index in [0.29, 0.717) is 6.61 Å². The van der Waals surface area contributed by atoms with E-state index >= 15 is 0 Å². The van der Waals surface area contributed by atoms with Gasteiger partial charge in [-0.25, -0.2) is 0 Å². The zero-order chi connectivity index (χ0) is 13.6. The summed E-state index contributed by atoms with van der Waals surface area (Å²) in [6.07, 6.45) is 1.00. The molecule has 4 heteroatoms. The summed E-state index contributed by atoms with van der Waals surface area (Å²) in [5.74, 6) is 0. The highest BCUT2D eigenvalue weighted by Gasteiger charge is 2.17. The summed E-state index contributed by atoms with van der Waals surface area (Å²) >= 11 is 8.23. The molecule has 0 aliphatic rings. The van der Waals surface area contributed by atoms with Gasteiger partial charge in [0.1, 0.15) is 0 Å². The summed E-state index contributed by atoms with van der Waals surface area (Å²) in [7, 11) is 1.73. The van der Waals surface area contributed by atoms with E-state index in [4.69, 9.17) is 21.1 Å². The average Bonchev–Trinajstić information content (AvgIpc) is 2.36. The Bertz CT molecular complexity index is 351. The van der Waals surface area contributed by atoms with Crippen molar-refractivity contribution >= 4 is 34.2 Å².